The number of aromatic nitrogens is 1. The van der Waals surface area contributed by atoms with Crippen LogP contribution in [-0.2, 0) is 13.0 Å². The number of nitrogens with zero attached hydrogens (tertiary/aromatic N) is 1. The van der Waals surface area contributed by atoms with Crippen LogP contribution in [0.4, 0.5) is 0 Å². The molecule has 2 heterocycles. The maximum atomic E-state index is 12.5. The number of aromatic hydroxyl groups is 1. The van der Waals surface area contributed by atoms with Crippen LogP contribution in [0.25, 0.3) is 11.1 Å². The molecule has 3 nitrogen and oxygen atoms in total. The molecule has 2 aromatic rings. The lowest BCUT2D eigenvalue weighted by molar-refractivity contribution is 0.475. The van der Waals surface area contributed by atoms with Gasteiger partial charge in [-0.1, -0.05) is 12.1 Å². The second-order valence-corrected chi connectivity index (χ2v) is 4.80. The molecule has 1 aromatic carbocycles. The Morgan fingerprint density at radius 1 is 1.22 bits per heavy atom. The summed E-state index contributed by atoms with van der Waals surface area (Å²) < 4.78 is 1.87. The Morgan fingerprint density at radius 3 is 2.67 bits per heavy atom. The molecule has 92 valence electrons. The molecular weight excluding hydrogens is 226 g/mol. The van der Waals surface area contributed by atoms with Crippen molar-refractivity contribution in [3.63, 3.8) is 0 Å². The molecule has 0 unspecified atom stereocenters. The van der Waals surface area contributed by atoms with Crippen molar-refractivity contribution in [3.05, 3.63) is 51.9 Å². The summed E-state index contributed by atoms with van der Waals surface area (Å²) in [6, 6.07) is 8.93. The molecule has 0 aliphatic carbocycles. The van der Waals surface area contributed by atoms with E-state index in [2.05, 4.69) is 6.07 Å². The highest BCUT2D eigenvalue weighted by Crippen LogP contribution is 2.24. The summed E-state index contributed by atoms with van der Waals surface area (Å²) in [5.74, 6) is 0.220. The fraction of sp³-hybridized carbons (Fsp3) is 0.267. The normalized spacial score (nSPS) is 13.6. The van der Waals surface area contributed by atoms with Gasteiger partial charge < -0.3 is 9.67 Å². The van der Waals surface area contributed by atoms with Crippen molar-refractivity contribution in [1.82, 2.24) is 4.57 Å². The van der Waals surface area contributed by atoms with Gasteiger partial charge in [-0.2, -0.15) is 0 Å². The minimum atomic E-state index is 0.0909. The van der Waals surface area contributed by atoms with Crippen LogP contribution in [0.1, 0.15) is 17.7 Å². The maximum Gasteiger partial charge on any atom is 0.258 e. The van der Waals surface area contributed by atoms with Gasteiger partial charge in [0.05, 0.1) is 5.56 Å². The zero-order valence-corrected chi connectivity index (χ0v) is 10.3. The standard InChI is InChI=1S/C15H15NO2/c1-10-9-12-3-2-8-16(12)15(18)14(10)11-4-6-13(17)7-5-11/h4-7,9,17H,2-3,8H2,1H3. The van der Waals surface area contributed by atoms with Gasteiger partial charge in [0.25, 0.3) is 5.56 Å². The van der Waals surface area contributed by atoms with Crippen molar-refractivity contribution >= 4 is 0 Å². The minimum absolute atomic E-state index is 0.0909. The van der Waals surface area contributed by atoms with Gasteiger partial charge in [-0.25, -0.2) is 0 Å². The van der Waals surface area contributed by atoms with Crippen LogP contribution >= 0.6 is 0 Å². The van der Waals surface area contributed by atoms with Crippen molar-refractivity contribution in [2.75, 3.05) is 0 Å². The molecule has 1 aromatic heterocycles. The summed E-state index contributed by atoms with van der Waals surface area (Å²) in [5, 5.41) is 9.31. The van der Waals surface area contributed by atoms with E-state index in [4.69, 9.17) is 0 Å². The third kappa shape index (κ3) is 1.63. The Balaban J connectivity index is 2.24. The first kappa shape index (κ1) is 11.1. The predicted molar refractivity (Wildman–Crippen MR) is 70.9 cm³/mol. The monoisotopic (exact) mass is 241 g/mol. The molecule has 1 N–H and O–H groups in total. The van der Waals surface area contributed by atoms with Crippen LogP contribution < -0.4 is 5.56 Å². The van der Waals surface area contributed by atoms with E-state index in [0.717, 1.165) is 41.8 Å². The van der Waals surface area contributed by atoms with Gasteiger partial charge in [0.2, 0.25) is 0 Å². The Kier molecular flexibility index (Phi) is 2.47. The molecule has 3 rings (SSSR count). The van der Waals surface area contributed by atoms with Gasteiger partial charge in [-0.05, 0) is 49.1 Å². The zero-order chi connectivity index (χ0) is 12.7. The Morgan fingerprint density at radius 2 is 1.94 bits per heavy atom. The summed E-state index contributed by atoms with van der Waals surface area (Å²) in [7, 11) is 0. The fourth-order valence-electron chi connectivity index (χ4n) is 2.68. The second-order valence-electron chi connectivity index (χ2n) is 4.80. The number of pyridine rings is 1. The Hall–Kier alpha value is -2.03. The number of hydrogen-bond acceptors (Lipinski definition) is 2. The van der Waals surface area contributed by atoms with Gasteiger partial charge in [-0.15, -0.1) is 0 Å². The SMILES string of the molecule is Cc1cc2n(c(=O)c1-c1ccc(O)cc1)CCC2. The molecule has 1 aliphatic heterocycles. The summed E-state index contributed by atoms with van der Waals surface area (Å²) in [4.78, 5) is 12.5. The number of hydrogen-bond donors (Lipinski definition) is 1. The molecule has 0 fully saturated rings. The van der Waals surface area contributed by atoms with Crippen molar-refractivity contribution in [2.24, 2.45) is 0 Å². The molecule has 0 spiro atoms. The van der Waals surface area contributed by atoms with Gasteiger partial charge in [-0.3, -0.25) is 4.79 Å². The maximum absolute atomic E-state index is 12.5. The van der Waals surface area contributed by atoms with Gasteiger partial charge >= 0.3 is 0 Å². The van der Waals surface area contributed by atoms with Crippen LogP contribution in [-0.4, -0.2) is 9.67 Å². The van der Waals surface area contributed by atoms with Crippen molar-refractivity contribution in [1.29, 1.82) is 0 Å². The molecular formula is C15H15NO2. The van der Waals surface area contributed by atoms with Crippen molar-refractivity contribution in [3.8, 4) is 16.9 Å². The van der Waals surface area contributed by atoms with Crippen molar-refractivity contribution < 1.29 is 5.11 Å². The first-order valence-corrected chi connectivity index (χ1v) is 6.19. The number of fused-ring (bicyclic) bond motifs is 1. The van der Waals surface area contributed by atoms with E-state index in [0.29, 0.717) is 0 Å². The van der Waals surface area contributed by atoms with Gasteiger partial charge in [0.1, 0.15) is 5.75 Å². The lowest BCUT2D eigenvalue weighted by Gasteiger charge is -2.10. The smallest absolute Gasteiger partial charge is 0.258 e. The van der Waals surface area contributed by atoms with E-state index in [9.17, 15) is 9.90 Å². The highest BCUT2D eigenvalue weighted by molar-refractivity contribution is 5.67. The molecule has 18 heavy (non-hydrogen) atoms. The van der Waals surface area contributed by atoms with E-state index >= 15 is 0 Å². The van der Waals surface area contributed by atoms with E-state index < -0.39 is 0 Å². The third-order valence-corrected chi connectivity index (χ3v) is 3.55. The van der Waals surface area contributed by atoms with E-state index in [1.165, 1.54) is 0 Å². The molecule has 0 saturated heterocycles. The molecule has 0 bridgehead atoms. The zero-order valence-electron chi connectivity index (χ0n) is 10.3. The Labute approximate surface area is 105 Å². The number of aryl methyl sites for hydroxylation is 2. The average molecular weight is 241 g/mol. The van der Waals surface area contributed by atoms with Crippen LogP contribution in [0, 0.1) is 6.92 Å². The van der Waals surface area contributed by atoms with Gasteiger partial charge in [0.15, 0.2) is 0 Å². The molecule has 3 heteroatoms. The lowest BCUT2D eigenvalue weighted by atomic mass is 10.0. The largest absolute Gasteiger partial charge is 0.508 e. The summed E-state index contributed by atoms with van der Waals surface area (Å²) in [6.45, 7) is 2.79. The first-order valence-electron chi connectivity index (χ1n) is 6.19. The lowest BCUT2D eigenvalue weighted by Crippen LogP contribution is -2.22. The minimum Gasteiger partial charge on any atom is -0.508 e. The molecule has 1 aliphatic rings. The molecule has 0 atom stereocenters. The first-order chi connectivity index (χ1) is 8.66. The summed E-state index contributed by atoms with van der Waals surface area (Å²) in [5.41, 5.74) is 3.87. The number of benzene rings is 1. The fourth-order valence-corrected chi connectivity index (χ4v) is 2.68. The average Bonchev–Trinajstić information content (AvgIpc) is 2.80. The van der Waals surface area contributed by atoms with Crippen LogP contribution in [0.3, 0.4) is 0 Å². The van der Waals surface area contributed by atoms with Crippen LogP contribution in [0.15, 0.2) is 35.1 Å². The van der Waals surface area contributed by atoms with Crippen LogP contribution in [0.5, 0.6) is 5.75 Å². The number of phenolic OH excluding ortho intramolecular Hbond substituents is 1. The van der Waals surface area contributed by atoms with Crippen LogP contribution in [0.2, 0.25) is 0 Å². The topological polar surface area (TPSA) is 42.2 Å². The van der Waals surface area contributed by atoms with Gasteiger partial charge in [0, 0.05) is 12.2 Å². The van der Waals surface area contributed by atoms with E-state index in [-0.39, 0.29) is 11.3 Å². The summed E-state index contributed by atoms with van der Waals surface area (Å²) >= 11 is 0. The molecule has 0 saturated carbocycles. The molecule has 0 amide bonds. The summed E-state index contributed by atoms with van der Waals surface area (Å²) in [6.07, 6.45) is 2.04. The highest BCUT2D eigenvalue weighted by atomic mass is 16.3. The third-order valence-electron chi connectivity index (χ3n) is 3.55. The van der Waals surface area contributed by atoms with E-state index in [1.807, 2.05) is 11.5 Å². The predicted octanol–water partition coefficient (Wildman–Crippen LogP) is 2.48. The number of phenols is 1. The quantitative estimate of drug-likeness (QED) is 0.833. The highest BCUT2D eigenvalue weighted by Gasteiger charge is 2.17. The van der Waals surface area contributed by atoms with E-state index in [1.54, 1.807) is 24.3 Å². The number of rotatable bonds is 1. The van der Waals surface area contributed by atoms with Crippen molar-refractivity contribution in [2.45, 2.75) is 26.3 Å². The molecule has 0 radical (unpaired) electrons. The Bertz CT molecular complexity index is 653. The second kappa shape index (κ2) is 4.02.